The molecule has 6 nitrogen and oxygen atoms in total. The van der Waals surface area contributed by atoms with E-state index in [0.29, 0.717) is 36.5 Å². The molecule has 1 fully saturated rings. The Bertz CT molecular complexity index is 739. The third-order valence-electron chi connectivity index (χ3n) is 5.21. The van der Waals surface area contributed by atoms with Crippen LogP contribution < -0.4 is 5.32 Å². The van der Waals surface area contributed by atoms with Crippen molar-refractivity contribution in [2.24, 2.45) is 0 Å². The molecule has 1 N–H and O–H groups in total. The largest absolute Gasteiger partial charge is 0.339 e. The van der Waals surface area contributed by atoms with Gasteiger partial charge in [-0.2, -0.15) is 4.98 Å². The molecule has 2 aromatic rings. The normalized spacial score (nSPS) is 20.6. The van der Waals surface area contributed by atoms with E-state index in [0.717, 1.165) is 18.7 Å². The zero-order valence-corrected chi connectivity index (χ0v) is 16.0. The molecule has 0 radical (unpaired) electrons. The van der Waals surface area contributed by atoms with Crippen LogP contribution in [-0.2, 0) is 11.2 Å². The van der Waals surface area contributed by atoms with Crippen molar-refractivity contribution >= 4 is 5.91 Å². The van der Waals surface area contributed by atoms with Gasteiger partial charge in [-0.15, -0.1) is 0 Å². The zero-order chi connectivity index (χ0) is 18.7. The van der Waals surface area contributed by atoms with Crippen LogP contribution in [0.25, 0.3) is 11.4 Å². The summed E-state index contributed by atoms with van der Waals surface area (Å²) in [6, 6.07) is 8.72. The van der Waals surface area contributed by atoms with Crippen LogP contribution in [-0.4, -0.2) is 46.1 Å². The number of aryl methyl sites for hydroxylation is 1. The molecule has 2 unspecified atom stereocenters. The van der Waals surface area contributed by atoms with Gasteiger partial charge in [-0.25, -0.2) is 0 Å². The van der Waals surface area contributed by atoms with E-state index in [2.05, 4.69) is 55.3 Å². The van der Waals surface area contributed by atoms with E-state index < -0.39 is 0 Å². The second-order valence-electron chi connectivity index (χ2n) is 7.36. The van der Waals surface area contributed by atoms with Gasteiger partial charge in [0.2, 0.25) is 17.6 Å². The molecule has 1 amide bonds. The van der Waals surface area contributed by atoms with Crippen LogP contribution in [0.2, 0.25) is 0 Å². The molecule has 26 heavy (non-hydrogen) atoms. The number of aromatic nitrogens is 2. The van der Waals surface area contributed by atoms with Gasteiger partial charge in [-0.05, 0) is 25.3 Å². The van der Waals surface area contributed by atoms with Crippen molar-refractivity contribution in [2.75, 3.05) is 13.1 Å². The van der Waals surface area contributed by atoms with Crippen molar-refractivity contribution in [3.8, 4) is 11.4 Å². The van der Waals surface area contributed by atoms with Crippen LogP contribution in [0.4, 0.5) is 0 Å². The Morgan fingerprint density at radius 2 is 2.04 bits per heavy atom. The van der Waals surface area contributed by atoms with Gasteiger partial charge in [0.15, 0.2) is 0 Å². The highest BCUT2D eigenvalue weighted by Crippen LogP contribution is 2.21. The molecule has 140 valence electrons. The topological polar surface area (TPSA) is 71.3 Å². The fraction of sp³-hybridized carbons (Fsp3) is 0.550. The number of hydrogen-bond acceptors (Lipinski definition) is 5. The first-order chi connectivity index (χ1) is 12.5. The Labute approximate surface area is 155 Å². The van der Waals surface area contributed by atoms with Crippen LogP contribution in [0.3, 0.4) is 0 Å². The van der Waals surface area contributed by atoms with Gasteiger partial charge in [0, 0.05) is 43.6 Å². The Balaban J connectivity index is 1.59. The maximum atomic E-state index is 12.5. The van der Waals surface area contributed by atoms with E-state index >= 15 is 0 Å². The molecule has 0 aliphatic carbocycles. The Kier molecular flexibility index (Phi) is 5.71. The summed E-state index contributed by atoms with van der Waals surface area (Å²) in [6.45, 7) is 10.1. The minimum absolute atomic E-state index is 0.145. The smallest absolute Gasteiger partial charge is 0.227 e. The van der Waals surface area contributed by atoms with E-state index in [-0.39, 0.29) is 11.9 Å². The molecular weight excluding hydrogens is 328 g/mol. The SMILES string of the molecule is CC(C)c1ccc(-c2noc(CCC(=O)N3CCNC(C)C3C)n2)cc1. The summed E-state index contributed by atoms with van der Waals surface area (Å²) >= 11 is 0. The third kappa shape index (κ3) is 4.12. The van der Waals surface area contributed by atoms with Gasteiger partial charge in [-0.1, -0.05) is 43.3 Å². The molecule has 0 bridgehead atoms. The van der Waals surface area contributed by atoms with E-state index in [9.17, 15) is 4.79 Å². The number of piperazine rings is 1. The maximum Gasteiger partial charge on any atom is 0.227 e. The quantitative estimate of drug-likeness (QED) is 0.892. The molecule has 0 saturated carbocycles. The van der Waals surface area contributed by atoms with Crippen LogP contribution in [0.5, 0.6) is 0 Å². The van der Waals surface area contributed by atoms with E-state index in [1.807, 2.05) is 17.0 Å². The van der Waals surface area contributed by atoms with Crippen molar-refractivity contribution in [1.82, 2.24) is 20.4 Å². The minimum Gasteiger partial charge on any atom is -0.339 e. The molecule has 6 heteroatoms. The highest BCUT2D eigenvalue weighted by molar-refractivity contribution is 5.77. The monoisotopic (exact) mass is 356 g/mol. The van der Waals surface area contributed by atoms with E-state index in [4.69, 9.17) is 4.52 Å². The molecular formula is C20H28N4O2. The molecule has 0 spiro atoms. The summed E-state index contributed by atoms with van der Waals surface area (Å²) in [5.74, 6) is 1.72. The molecule has 2 atom stereocenters. The van der Waals surface area contributed by atoms with Gasteiger partial charge in [0.1, 0.15) is 0 Å². The number of carbonyl (C=O) groups excluding carboxylic acids is 1. The second kappa shape index (κ2) is 7.99. The van der Waals surface area contributed by atoms with Gasteiger partial charge in [0.05, 0.1) is 0 Å². The van der Waals surface area contributed by atoms with Gasteiger partial charge >= 0.3 is 0 Å². The molecule has 1 aliphatic heterocycles. The lowest BCUT2D eigenvalue weighted by Crippen LogP contribution is -2.57. The number of nitrogens with one attached hydrogen (secondary N) is 1. The van der Waals surface area contributed by atoms with Crippen LogP contribution in [0, 0.1) is 0 Å². The van der Waals surface area contributed by atoms with E-state index in [1.165, 1.54) is 5.56 Å². The maximum absolute atomic E-state index is 12.5. The van der Waals surface area contributed by atoms with E-state index in [1.54, 1.807) is 0 Å². The molecule has 3 rings (SSSR count). The number of carbonyl (C=O) groups is 1. The molecule has 1 aromatic carbocycles. The molecule has 2 heterocycles. The van der Waals surface area contributed by atoms with Crippen molar-refractivity contribution in [2.45, 2.75) is 58.5 Å². The Hall–Kier alpha value is -2.21. The van der Waals surface area contributed by atoms with Gasteiger partial charge < -0.3 is 14.7 Å². The van der Waals surface area contributed by atoms with Crippen molar-refractivity contribution < 1.29 is 9.32 Å². The van der Waals surface area contributed by atoms with Crippen LogP contribution in [0.15, 0.2) is 28.8 Å². The predicted octanol–water partition coefficient (Wildman–Crippen LogP) is 3.00. The number of rotatable bonds is 5. The molecule has 1 aromatic heterocycles. The second-order valence-corrected chi connectivity index (χ2v) is 7.36. The molecule has 1 aliphatic rings. The van der Waals surface area contributed by atoms with Crippen LogP contribution in [0.1, 0.15) is 51.5 Å². The number of benzene rings is 1. The summed E-state index contributed by atoms with van der Waals surface area (Å²) in [5.41, 5.74) is 2.21. The first kappa shape index (κ1) is 18.6. The van der Waals surface area contributed by atoms with Crippen molar-refractivity contribution in [1.29, 1.82) is 0 Å². The Morgan fingerprint density at radius 3 is 2.73 bits per heavy atom. The summed E-state index contributed by atoms with van der Waals surface area (Å²) < 4.78 is 5.34. The third-order valence-corrected chi connectivity index (χ3v) is 5.21. The highest BCUT2D eigenvalue weighted by atomic mass is 16.5. The average molecular weight is 356 g/mol. The lowest BCUT2D eigenvalue weighted by Gasteiger charge is -2.38. The minimum atomic E-state index is 0.145. The summed E-state index contributed by atoms with van der Waals surface area (Å²) in [5, 5.41) is 7.45. The predicted molar refractivity (Wildman–Crippen MR) is 101 cm³/mol. The highest BCUT2D eigenvalue weighted by Gasteiger charge is 2.27. The number of nitrogens with zero attached hydrogens (tertiary/aromatic N) is 3. The summed E-state index contributed by atoms with van der Waals surface area (Å²) in [4.78, 5) is 18.9. The molecule has 1 saturated heterocycles. The lowest BCUT2D eigenvalue weighted by atomic mass is 10.0. The van der Waals surface area contributed by atoms with Crippen molar-refractivity contribution in [3.05, 3.63) is 35.7 Å². The zero-order valence-electron chi connectivity index (χ0n) is 16.0. The fourth-order valence-electron chi connectivity index (χ4n) is 3.26. The van der Waals surface area contributed by atoms with Crippen molar-refractivity contribution in [3.63, 3.8) is 0 Å². The number of hydrogen-bond donors (Lipinski definition) is 1. The lowest BCUT2D eigenvalue weighted by molar-refractivity contribution is -0.134. The fourth-order valence-corrected chi connectivity index (χ4v) is 3.26. The number of amides is 1. The van der Waals surface area contributed by atoms with Gasteiger partial charge in [0.25, 0.3) is 0 Å². The van der Waals surface area contributed by atoms with Gasteiger partial charge in [-0.3, -0.25) is 4.79 Å². The Morgan fingerprint density at radius 1 is 1.31 bits per heavy atom. The standard InChI is InChI=1S/C20H28N4O2/c1-13(2)16-5-7-17(8-6-16)20-22-18(26-23-20)9-10-19(25)24-12-11-21-14(3)15(24)4/h5-8,13-15,21H,9-12H2,1-4H3. The first-order valence-electron chi connectivity index (χ1n) is 9.41. The summed E-state index contributed by atoms with van der Waals surface area (Å²) in [6.07, 6.45) is 0.867. The summed E-state index contributed by atoms with van der Waals surface area (Å²) in [7, 11) is 0. The first-order valence-corrected chi connectivity index (χ1v) is 9.41. The van der Waals surface area contributed by atoms with Crippen LogP contribution >= 0.6 is 0 Å². The average Bonchev–Trinajstić information content (AvgIpc) is 3.11.